The maximum absolute atomic E-state index is 12.2. The number of amides is 2. The third-order valence-corrected chi connectivity index (χ3v) is 4.43. The van der Waals surface area contributed by atoms with Crippen molar-refractivity contribution in [1.82, 2.24) is 10.0 Å². The van der Waals surface area contributed by atoms with E-state index in [1.54, 1.807) is 30.5 Å². The lowest BCUT2D eigenvalue weighted by molar-refractivity contribution is -0.170. The fraction of sp³-hybridized carbons (Fsp3) is 0.176. The second-order valence-corrected chi connectivity index (χ2v) is 6.11. The van der Waals surface area contributed by atoms with Crippen LogP contribution in [0.15, 0.2) is 42.6 Å². The van der Waals surface area contributed by atoms with Crippen molar-refractivity contribution in [3.05, 3.63) is 64.4 Å². The van der Waals surface area contributed by atoms with Crippen LogP contribution in [0.1, 0.15) is 38.6 Å². The van der Waals surface area contributed by atoms with Gasteiger partial charge in [-0.3, -0.25) is 9.59 Å². The van der Waals surface area contributed by atoms with Gasteiger partial charge in [0.15, 0.2) is 0 Å². The number of halogens is 1. The zero-order valence-corrected chi connectivity index (χ0v) is 13.1. The molecule has 2 aromatic rings. The lowest BCUT2D eigenvalue weighted by Gasteiger charge is -2.12. The van der Waals surface area contributed by atoms with E-state index >= 15 is 0 Å². The van der Waals surface area contributed by atoms with Crippen LogP contribution < -0.4 is 0 Å². The predicted molar refractivity (Wildman–Crippen MR) is 83.1 cm³/mol. The molecule has 7 heteroatoms. The summed E-state index contributed by atoms with van der Waals surface area (Å²) in [5, 5.41) is 0.923. The molecule has 120 valence electrons. The average molecular weight is 343 g/mol. The van der Waals surface area contributed by atoms with Crippen molar-refractivity contribution in [2.45, 2.75) is 12.3 Å². The summed E-state index contributed by atoms with van der Waals surface area (Å²) in [6, 6.07) is 9.82. The monoisotopic (exact) mass is 342 g/mol. The summed E-state index contributed by atoms with van der Waals surface area (Å²) in [5.41, 5.74) is 1.36. The Morgan fingerprint density at radius 1 is 1.12 bits per heavy atom. The Morgan fingerprint density at radius 3 is 2.38 bits per heavy atom. The number of benzene rings is 1. The van der Waals surface area contributed by atoms with Gasteiger partial charge in [0, 0.05) is 6.20 Å². The minimum Gasteiger partial charge on any atom is -0.329 e. The number of imide groups is 1. The molecule has 1 aliphatic carbocycles. The van der Waals surface area contributed by atoms with E-state index < -0.39 is 23.7 Å². The van der Waals surface area contributed by atoms with Crippen molar-refractivity contribution in [3.8, 4) is 0 Å². The maximum Gasteiger partial charge on any atom is 0.336 e. The summed E-state index contributed by atoms with van der Waals surface area (Å²) in [5.74, 6) is -2.25. The van der Waals surface area contributed by atoms with E-state index in [1.165, 1.54) is 12.1 Å². The molecule has 0 spiro atoms. The van der Waals surface area contributed by atoms with E-state index in [4.69, 9.17) is 16.4 Å². The van der Waals surface area contributed by atoms with E-state index in [-0.39, 0.29) is 17.0 Å². The fourth-order valence-electron chi connectivity index (χ4n) is 2.84. The third kappa shape index (κ3) is 2.35. The largest absolute Gasteiger partial charge is 0.336 e. The lowest BCUT2D eigenvalue weighted by Crippen LogP contribution is -2.33. The van der Waals surface area contributed by atoms with Crippen LogP contribution in [-0.4, -0.2) is 27.8 Å². The molecule has 1 saturated carbocycles. The first-order valence-electron chi connectivity index (χ1n) is 7.37. The van der Waals surface area contributed by atoms with Gasteiger partial charge >= 0.3 is 5.97 Å². The van der Waals surface area contributed by atoms with Gasteiger partial charge in [-0.25, -0.2) is 9.78 Å². The molecule has 2 unspecified atom stereocenters. The van der Waals surface area contributed by atoms with E-state index in [1.807, 2.05) is 0 Å². The van der Waals surface area contributed by atoms with E-state index in [0.717, 1.165) is 5.56 Å². The summed E-state index contributed by atoms with van der Waals surface area (Å²) >= 11 is 5.74. The first kappa shape index (κ1) is 14.8. The first-order valence-corrected chi connectivity index (χ1v) is 7.75. The summed E-state index contributed by atoms with van der Waals surface area (Å²) in [4.78, 5) is 45.6. The molecule has 6 nitrogen and oxygen atoms in total. The number of pyridine rings is 1. The summed E-state index contributed by atoms with van der Waals surface area (Å²) < 4.78 is 0. The van der Waals surface area contributed by atoms with Gasteiger partial charge in [-0.05, 0) is 36.1 Å². The summed E-state index contributed by atoms with van der Waals surface area (Å²) in [7, 11) is 0. The highest BCUT2D eigenvalue weighted by Crippen LogP contribution is 2.48. The van der Waals surface area contributed by atoms with Gasteiger partial charge in [-0.15, -0.1) is 0 Å². The second-order valence-electron chi connectivity index (χ2n) is 5.72. The van der Waals surface area contributed by atoms with Crippen LogP contribution in [0, 0.1) is 5.92 Å². The molecular formula is C17H11ClN2O4. The van der Waals surface area contributed by atoms with Crippen LogP contribution in [0.4, 0.5) is 0 Å². The van der Waals surface area contributed by atoms with E-state index in [9.17, 15) is 14.4 Å². The molecular weight excluding hydrogens is 332 g/mol. The molecule has 4 rings (SSSR count). The number of nitrogens with zero attached hydrogens (tertiary/aromatic N) is 2. The highest BCUT2D eigenvalue weighted by atomic mass is 35.5. The zero-order chi connectivity index (χ0) is 16.8. The molecule has 1 aliphatic heterocycles. The van der Waals surface area contributed by atoms with Crippen LogP contribution in [0.2, 0.25) is 5.15 Å². The number of hydrogen-bond donors (Lipinski definition) is 0. The van der Waals surface area contributed by atoms with Crippen LogP contribution in [0.5, 0.6) is 0 Å². The van der Waals surface area contributed by atoms with Gasteiger partial charge in [-0.2, -0.15) is 0 Å². The minimum atomic E-state index is -0.616. The quantitative estimate of drug-likeness (QED) is 0.633. The topological polar surface area (TPSA) is 76.6 Å². The standard InChI is InChI=1S/C17H11ClN2O4/c18-14-6-5-9(8-19-14)12-7-13(12)17(23)24-20-15(21)10-3-1-2-4-11(10)16(20)22/h1-6,8,12-13H,7H2. The minimum absolute atomic E-state index is 0.0301. The molecule has 0 radical (unpaired) electrons. The molecule has 2 atom stereocenters. The predicted octanol–water partition coefficient (Wildman–Crippen LogP) is 2.59. The number of fused-ring (bicyclic) bond motifs is 1. The summed E-state index contributed by atoms with van der Waals surface area (Å²) in [6.07, 6.45) is 2.20. The van der Waals surface area contributed by atoms with Crippen molar-refractivity contribution in [2.24, 2.45) is 5.92 Å². The Balaban J connectivity index is 1.46. The molecule has 0 bridgehead atoms. The average Bonchev–Trinajstić information content (AvgIpc) is 3.36. The summed E-state index contributed by atoms with van der Waals surface area (Å²) in [6.45, 7) is 0. The number of carbonyl (C=O) groups is 3. The molecule has 1 aromatic heterocycles. The Kier molecular flexibility index (Phi) is 3.35. The molecule has 2 heterocycles. The molecule has 0 N–H and O–H groups in total. The van der Waals surface area contributed by atoms with Gasteiger partial charge in [0.1, 0.15) is 5.15 Å². The van der Waals surface area contributed by atoms with Gasteiger partial charge in [0.2, 0.25) is 0 Å². The third-order valence-electron chi connectivity index (χ3n) is 4.21. The van der Waals surface area contributed by atoms with Crippen LogP contribution in [0.25, 0.3) is 0 Å². The van der Waals surface area contributed by atoms with Crippen molar-refractivity contribution < 1.29 is 19.2 Å². The Labute approximate surface area is 142 Å². The van der Waals surface area contributed by atoms with Crippen LogP contribution >= 0.6 is 11.6 Å². The Bertz CT molecular complexity index is 830. The van der Waals surface area contributed by atoms with Crippen molar-refractivity contribution in [2.75, 3.05) is 0 Å². The molecule has 2 amide bonds. The molecule has 1 fully saturated rings. The SMILES string of the molecule is O=C(ON1C(=O)c2ccccc2C1=O)C1CC1c1ccc(Cl)nc1. The smallest absolute Gasteiger partial charge is 0.329 e. The van der Waals surface area contributed by atoms with Crippen molar-refractivity contribution in [1.29, 1.82) is 0 Å². The number of hydroxylamine groups is 2. The Morgan fingerprint density at radius 2 is 1.79 bits per heavy atom. The molecule has 1 aromatic carbocycles. The van der Waals surface area contributed by atoms with E-state index in [0.29, 0.717) is 16.6 Å². The highest BCUT2D eigenvalue weighted by Gasteiger charge is 2.48. The molecule has 24 heavy (non-hydrogen) atoms. The highest BCUT2D eigenvalue weighted by molar-refractivity contribution is 6.29. The van der Waals surface area contributed by atoms with Crippen molar-refractivity contribution >= 4 is 29.4 Å². The molecule has 2 aliphatic rings. The van der Waals surface area contributed by atoms with Crippen LogP contribution in [-0.2, 0) is 9.63 Å². The van der Waals surface area contributed by atoms with Gasteiger partial charge in [0.05, 0.1) is 17.0 Å². The van der Waals surface area contributed by atoms with Gasteiger partial charge in [-0.1, -0.05) is 34.9 Å². The number of carbonyl (C=O) groups excluding carboxylic acids is 3. The van der Waals surface area contributed by atoms with Crippen molar-refractivity contribution in [3.63, 3.8) is 0 Å². The molecule has 0 saturated heterocycles. The maximum atomic E-state index is 12.2. The lowest BCUT2D eigenvalue weighted by atomic mass is 10.1. The van der Waals surface area contributed by atoms with Gasteiger partial charge in [0.25, 0.3) is 11.8 Å². The number of aromatic nitrogens is 1. The first-order chi connectivity index (χ1) is 11.6. The second kappa shape index (κ2) is 5.42. The zero-order valence-electron chi connectivity index (χ0n) is 12.3. The number of rotatable bonds is 3. The van der Waals surface area contributed by atoms with Crippen LogP contribution in [0.3, 0.4) is 0 Å². The Hall–Kier alpha value is -2.73. The number of hydrogen-bond acceptors (Lipinski definition) is 5. The fourth-order valence-corrected chi connectivity index (χ4v) is 2.95. The normalized spacial score (nSPS) is 21.6. The van der Waals surface area contributed by atoms with Gasteiger partial charge < -0.3 is 4.84 Å². The van der Waals surface area contributed by atoms with E-state index in [2.05, 4.69) is 4.98 Å².